The Kier molecular flexibility index (Phi) is 6.56. The normalized spacial score (nSPS) is 18.5. The molecule has 10 heteroatoms. The second kappa shape index (κ2) is 8.70. The molecule has 1 aliphatic heterocycles. The van der Waals surface area contributed by atoms with E-state index in [-0.39, 0.29) is 38.5 Å². The molecule has 2 aromatic rings. The molecule has 0 bridgehead atoms. The third-order valence-corrected chi connectivity index (χ3v) is 6.28. The zero-order valence-electron chi connectivity index (χ0n) is 16.0. The molecule has 1 aliphatic rings. The van der Waals surface area contributed by atoms with Crippen molar-refractivity contribution in [3.8, 4) is 6.07 Å². The Balaban J connectivity index is 1.98. The van der Waals surface area contributed by atoms with E-state index in [1.807, 2.05) is 6.07 Å². The van der Waals surface area contributed by atoms with Gasteiger partial charge in [0.1, 0.15) is 12.0 Å². The molecule has 162 valence electrons. The zero-order valence-corrected chi connectivity index (χ0v) is 18.3. The minimum atomic E-state index is -4.65. The molecule has 4 nitrogen and oxygen atoms in total. The second-order valence-corrected chi connectivity index (χ2v) is 8.23. The molecule has 0 saturated heterocycles. The van der Waals surface area contributed by atoms with Crippen LogP contribution >= 0.6 is 34.8 Å². The SMILES string of the molecule is CC(=O)OCc1ccc(C2=NCC(c3cc(Cl)c(Cl)c(Cl)c3)(C(F)(F)F)C2)cc1C#N. The highest BCUT2D eigenvalue weighted by Crippen LogP contribution is 2.49. The van der Waals surface area contributed by atoms with Crippen LogP contribution in [0.2, 0.25) is 15.1 Å². The molecule has 3 rings (SSSR count). The van der Waals surface area contributed by atoms with Crippen LogP contribution in [0.1, 0.15) is 35.6 Å². The van der Waals surface area contributed by atoms with Crippen molar-refractivity contribution in [1.82, 2.24) is 0 Å². The molecule has 0 saturated carbocycles. The summed E-state index contributed by atoms with van der Waals surface area (Å²) in [4.78, 5) is 15.2. The quantitative estimate of drug-likeness (QED) is 0.375. The highest BCUT2D eigenvalue weighted by molar-refractivity contribution is 6.48. The van der Waals surface area contributed by atoms with Crippen LogP contribution in [0.15, 0.2) is 35.3 Å². The van der Waals surface area contributed by atoms with E-state index in [0.717, 1.165) is 12.1 Å². The number of aliphatic imine (C=N–C) groups is 1. The summed E-state index contributed by atoms with van der Waals surface area (Å²) in [6, 6.07) is 8.80. The fourth-order valence-electron chi connectivity index (χ4n) is 3.37. The van der Waals surface area contributed by atoms with Crippen LogP contribution in [0.4, 0.5) is 13.2 Å². The third kappa shape index (κ3) is 4.52. The fourth-order valence-corrected chi connectivity index (χ4v) is 3.96. The Morgan fingerprint density at radius 3 is 2.42 bits per heavy atom. The summed E-state index contributed by atoms with van der Waals surface area (Å²) in [5, 5.41) is 9.21. The number of hydrogen-bond donors (Lipinski definition) is 0. The number of nitrogens with zero attached hydrogens (tertiary/aromatic N) is 2. The first-order chi connectivity index (χ1) is 14.5. The maximum absolute atomic E-state index is 14.2. The average Bonchev–Trinajstić information content (AvgIpc) is 3.16. The fraction of sp³-hybridized carbons (Fsp3) is 0.286. The van der Waals surface area contributed by atoms with Gasteiger partial charge >= 0.3 is 12.1 Å². The van der Waals surface area contributed by atoms with Gasteiger partial charge in [-0.15, -0.1) is 0 Å². The molecule has 0 spiro atoms. The summed E-state index contributed by atoms with van der Waals surface area (Å²) < 4.78 is 47.6. The molecule has 2 aromatic carbocycles. The van der Waals surface area contributed by atoms with Crippen molar-refractivity contribution in [2.24, 2.45) is 4.99 Å². The van der Waals surface area contributed by atoms with E-state index in [0.29, 0.717) is 11.1 Å². The number of hydrogen-bond acceptors (Lipinski definition) is 4. The Morgan fingerprint density at radius 1 is 1.23 bits per heavy atom. The van der Waals surface area contributed by atoms with E-state index >= 15 is 0 Å². The van der Waals surface area contributed by atoms with Gasteiger partial charge in [-0.2, -0.15) is 18.4 Å². The number of carbonyl (C=O) groups is 1. The number of halogens is 6. The molecule has 0 radical (unpaired) electrons. The zero-order chi connectivity index (χ0) is 23.0. The van der Waals surface area contributed by atoms with Gasteiger partial charge in [-0.25, -0.2) is 0 Å². The first kappa shape index (κ1) is 23.4. The minimum absolute atomic E-state index is 0.0226. The Labute approximate surface area is 191 Å². The van der Waals surface area contributed by atoms with Crippen LogP contribution in [-0.2, 0) is 21.6 Å². The Hall–Kier alpha value is -2.27. The predicted molar refractivity (Wildman–Crippen MR) is 112 cm³/mol. The summed E-state index contributed by atoms with van der Waals surface area (Å²) >= 11 is 17.9. The number of rotatable bonds is 4. The van der Waals surface area contributed by atoms with E-state index in [4.69, 9.17) is 39.5 Å². The lowest BCUT2D eigenvalue weighted by atomic mass is 9.76. The molecule has 0 amide bonds. The molecular formula is C21H14Cl3F3N2O2. The lowest BCUT2D eigenvalue weighted by Crippen LogP contribution is -2.43. The predicted octanol–water partition coefficient (Wildman–Crippen LogP) is 6.27. The summed E-state index contributed by atoms with van der Waals surface area (Å²) in [6.07, 6.45) is -5.11. The number of alkyl halides is 3. The second-order valence-electron chi connectivity index (χ2n) is 7.04. The Bertz CT molecular complexity index is 1100. The number of benzene rings is 2. The lowest BCUT2D eigenvalue weighted by molar-refractivity contribution is -0.183. The topological polar surface area (TPSA) is 62.4 Å². The molecule has 1 heterocycles. The summed E-state index contributed by atoms with van der Waals surface area (Å²) in [7, 11) is 0. The average molecular weight is 490 g/mol. The maximum atomic E-state index is 14.2. The first-order valence-corrected chi connectivity index (χ1v) is 10.0. The minimum Gasteiger partial charge on any atom is -0.461 e. The maximum Gasteiger partial charge on any atom is 0.400 e. The van der Waals surface area contributed by atoms with Gasteiger partial charge in [0, 0.05) is 24.6 Å². The van der Waals surface area contributed by atoms with Crippen LogP contribution in [0.3, 0.4) is 0 Å². The van der Waals surface area contributed by atoms with Gasteiger partial charge in [0.05, 0.1) is 33.2 Å². The van der Waals surface area contributed by atoms with Crippen molar-refractivity contribution in [2.45, 2.75) is 31.5 Å². The lowest BCUT2D eigenvalue weighted by Gasteiger charge is -2.32. The Morgan fingerprint density at radius 2 is 1.87 bits per heavy atom. The molecule has 0 N–H and O–H groups in total. The molecule has 0 aromatic heterocycles. The van der Waals surface area contributed by atoms with E-state index in [1.165, 1.54) is 19.1 Å². The van der Waals surface area contributed by atoms with Crippen molar-refractivity contribution >= 4 is 46.5 Å². The smallest absolute Gasteiger partial charge is 0.400 e. The van der Waals surface area contributed by atoms with Gasteiger partial charge < -0.3 is 4.74 Å². The number of ether oxygens (including phenoxy) is 1. The van der Waals surface area contributed by atoms with Crippen LogP contribution < -0.4 is 0 Å². The molecular weight excluding hydrogens is 476 g/mol. The third-order valence-electron chi connectivity index (χ3n) is 5.08. The van der Waals surface area contributed by atoms with Gasteiger partial charge in [-0.1, -0.05) is 46.9 Å². The van der Waals surface area contributed by atoms with Gasteiger partial charge in [-0.05, 0) is 29.3 Å². The highest BCUT2D eigenvalue weighted by atomic mass is 35.5. The highest BCUT2D eigenvalue weighted by Gasteiger charge is 2.58. The monoisotopic (exact) mass is 488 g/mol. The number of nitriles is 1. The van der Waals surface area contributed by atoms with Crippen LogP contribution in [0, 0.1) is 11.3 Å². The van der Waals surface area contributed by atoms with Crippen molar-refractivity contribution in [3.05, 3.63) is 67.7 Å². The molecule has 0 aliphatic carbocycles. The molecule has 1 unspecified atom stereocenters. The molecule has 31 heavy (non-hydrogen) atoms. The van der Waals surface area contributed by atoms with Gasteiger partial charge in [0.15, 0.2) is 0 Å². The van der Waals surface area contributed by atoms with Gasteiger partial charge in [-0.3, -0.25) is 9.79 Å². The van der Waals surface area contributed by atoms with E-state index < -0.39 is 30.5 Å². The van der Waals surface area contributed by atoms with Crippen molar-refractivity contribution in [2.75, 3.05) is 6.54 Å². The van der Waals surface area contributed by atoms with Crippen LogP contribution in [0.5, 0.6) is 0 Å². The largest absolute Gasteiger partial charge is 0.461 e. The van der Waals surface area contributed by atoms with Crippen molar-refractivity contribution in [3.63, 3.8) is 0 Å². The molecule has 1 atom stereocenters. The summed E-state index contributed by atoms with van der Waals surface area (Å²) in [5.74, 6) is -0.511. The number of esters is 1. The van der Waals surface area contributed by atoms with Crippen molar-refractivity contribution in [1.29, 1.82) is 5.26 Å². The molecule has 0 fully saturated rings. The van der Waals surface area contributed by atoms with E-state index in [9.17, 15) is 23.2 Å². The number of carbonyl (C=O) groups excluding carboxylic acids is 1. The van der Waals surface area contributed by atoms with Crippen LogP contribution in [0.25, 0.3) is 0 Å². The van der Waals surface area contributed by atoms with Gasteiger partial charge in [0.2, 0.25) is 0 Å². The first-order valence-electron chi connectivity index (χ1n) is 8.90. The van der Waals surface area contributed by atoms with E-state index in [1.54, 1.807) is 6.07 Å². The van der Waals surface area contributed by atoms with Crippen molar-refractivity contribution < 1.29 is 22.7 Å². The summed E-state index contributed by atoms with van der Waals surface area (Å²) in [6.45, 7) is 0.566. The summed E-state index contributed by atoms with van der Waals surface area (Å²) in [5.41, 5.74) is -1.27. The van der Waals surface area contributed by atoms with E-state index in [2.05, 4.69) is 4.99 Å². The van der Waals surface area contributed by atoms with Crippen LogP contribution in [-0.4, -0.2) is 24.4 Å². The van der Waals surface area contributed by atoms with Gasteiger partial charge in [0.25, 0.3) is 0 Å². The standard InChI is InChI=1S/C21H14Cl3F3N2O2/c1-11(30)31-9-13-3-2-12(4-14(13)8-28)18-7-20(10-29-18,21(25,26)27)15-5-16(22)19(24)17(23)6-15/h2-6H,7,9-10H2,1H3.